The van der Waals surface area contributed by atoms with Gasteiger partial charge in [0, 0.05) is 45.9 Å². The standard InChI is InChI=1S/C42H40FNO14/c1-23(46)53-34(28-10-14-30(43)15-11-28)21-20-33-35(44(40(33)50)31-16-8-27(9-17-31)7-6-22-45)29-12-18-32(19-13-29)57-42(5)39(56-26(4)49)37(55-25(3)48)36(54-24(2)47)38(58-42)41(51)52/h8-19,22,33-39H,20-21H2,1-5H3,(H,51,52)/t33-,34+,35-,36+,37+,38+,39-,42-/m1/s1. The summed E-state index contributed by atoms with van der Waals surface area (Å²) in [5.41, 5.74) is 2.27. The van der Waals surface area contributed by atoms with E-state index in [9.17, 15) is 43.1 Å². The van der Waals surface area contributed by atoms with E-state index >= 15 is 0 Å². The Bertz CT molecular complexity index is 2110. The van der Waals surface area contributed by atoms with Gasteiger partial charge in [-0.15, -0.1) is 0 Å². The molecule has 0 bridgehead atoms. The summed E-state index contributed by atoms with van der Waals surface area (Å²) in [5, 5.41) is 10.1. The monoisotopic (exact) mass is 801 g/mol. The summed E-state index contributed by atoms with van der Waals surface area (Å²) in [6.45, 7) is 5.65. The zero-order valence-corrected chi connectivity index (χ0v) is 32.0. The molecule has 0 unspecified atom stereocenters. The van der Waals surface area contributed by atoms with Gasteiger partial charge in [-0.25, -0.2) is 9.18 Å². The van der Waals surface area contributed by atoms with Crippen LogP contribution in [0.2, 0.25) is 0 Å². The first-order valence-electron chi connectivity index (χ1n) is 18.0. The first-order valence-corrected chi connectivity index (χ1v) is 18.0. The third kappa shape index (κ3) is 9.85. The maximum Gasteiger partial charge on any atom is 0.337 e. The number of carboxylic acid groups (broad SMARTS) is 1. The van der Waals surface area contributed by atoms with Crippen LogP contribution in [0, 0.1) is 23.6 Å². The van der Waals surface area contributed by atoms with Gasteiger partial charge in [0.2, 0.25) is 17.8 Å². The van der Waals surface area contributed by atoms with Crippen LogP contribution in [0.25, 0.3) is 0 Å². The third-order valence-electron chi connectivity index (χ3n) is 9.41. The lowest BCUT2D eigenvalue weighted by Crippen LogP contribution is -2.69. The van der Waals surface area contributed by atoms with Crippen molar-refractivity contribution in [1.29, 1.82) is 0 Å². The van der Waals surface area contributed by atoms with Crippen molar-refractivity contribution in [2.75, 3.05) is 4.90 Å². The topological polar surface area (TPSA) is 198 Å². The SMILES string of the molecule is CC(=O)O[C@H]1[C@H](OC(C)=O)[C@@H](OC(C)=O)[C@](C)(Oc2ccc([C@@H]3[C@@H](CC[C@H](OC(C)=O)c4ccc(F)cc4)C(=O)N3c3ccc(C#CC=O)cc3)cc2)O[C@@H]1C(=O)O. The van der Waals surface area contributed by atoms with Gasteiger partial charge in [0.1, 0.15) is 17.7 Å². The number of nitrogens with zero attached hydrogens (tertiary/aromatic N) is 1. The largest absolute Gasteiger partial charge is 0.479 e. The van der Waals surface area contributed by atoms with Gasteiger partial charge in [-0.3, -0.25) is 28.8 Å². The van der Waals surface area contributed by atoms with E-state index in [1.807, 2.05) is 0 Å². The minimum absolute atomic E-state index is 0.0816. The van der Waals surface area contributed by atoms with Crippen molar-refractivity contribution in [2.24, 2.45) is 5.92 Å². The molecule has 5 rings (SSSR count). The zero-order chi connectivity index (χ0) is 42.3. The van der Waals surface area contributed by atoms with E-state index in [4.69, 9.17) is 28.4 Å². The fourth-order valence-electron chi connectivity index (χ4n) is 7.08. The fourth-order valence-corrected chi connectivity index (χ4v) is 7.08. The van der Waals surface area contributed by atoms with Crippen molar-refractivity contribution in [3.05, 3.63) is 95.3 Å². The molecule has 16 heteroatoms. The highest BCUT2D eigenvalue weighted by molar-refractivity contribution is 6.03. The van der Waals surface area contributed by atoms with E-state index in [2.05, 4.69) is 11.8 Å². The van der Waals surface area contributed by atoms with E-state index in [0.717, 1.165) is 20.8 Å². The number of hydrogen-bond donors (Lipinski definition) is 1. The average Bonchev–Trinajstić information content (AvgIpc) is 3.15. The molecule has 2 aliphatic heterocycles. The molecule has 0 radical (unpaired) electrons. The molecule has 2 heterocycles. The number of hydrogen-bond acceptors (Lipinski definition) is 13. The van der Waals surface area contributed by atoms with Crippen LogP contribution in [-0.2, 0) is 57.2 Å². The van der Waals surface area contributed by atoms with Crippen LogP contribution in [0.4, 0.5) is 10.1 Å². The quantitative estimate of drug-likeness (QED) is 0.0831. The van der Waals surface area contributed by atoms with E-state index < -0.39 is 83.9 Å². The van der Waals surface area contributed by atoms with Crippen molar-refractivity contribution < 1.29 is 71.5 Å². The van der Waals surface area contributed by atoms with Gasteiger partial charge in [0.05, 0.1) is 12.0 Å². The number of ether oxygens (including phenoxy) is 6. The second-order valence-electron chi connectivity index (χ2n) is 13.7. The van der Waals surface area contributed by atoms with Crippen molar-refractivity contribution >= 4 is 47.7 Å². The second kappa shape index (κ2) is 18.1. The van der Waals surface area contributed by atoms with Crippen LogP contribution in [0.1, 0.15) is 76.3 Å². The molecule has 304 valence electrons. The molecule has 0 aliphatic carbocycles. The summed E-state index contributed by atoms with van der Waals surface area (Å²) in [6.07, 6.45) is -6.77. The minimum Gasteiger partial charge on any atom is -0.479 e. The first kappa shape index (κ1) is 42.5. The Kier molecular flexibility index (Phi) is 13.3. The molecule has 2 saturated heterocycles. The highest BCUT2D eigenvalue weighted by atomic mass is 19.1. The Morgan fingerprint density at radius 1 is 0.862 bits per heavy atom. The van der Waals surface area contributed by atoms with Crippen LogP contribution in [0.3, 0.4) is 0 Å². The molecule has 0 spiro atoms. The van der Waals surface area contributed by atoms with Crippen LogP contribution in [0.5, 0.6) is 5.75 Å². The first-order chi connectivity index (χ1) is 27.5. The van der Waals surface area contributed by atoms with Crippen LogP contribution in [-0.4, -0.2) is 77.3 Å². The molecule has 3 aromatic carbocycles. The number of rotatable bonds is 13. The molecular formula is C42H40FNO14. The Labute approximate surface area is 332 Å². The smallest absolute Gasteiger partial charge is 0.337 e. The zero-order valence-electron chi connectivity index (χ0n) is 32.0. The number of carbonyl (C=O) groups is 7. The molecule has 58 heavy (non-hydrogen) atoms. The number of aldehydes is 1. The van der Waals surface area contributed by atoms with Gasteiger partial charge in [-0.1, -0.05) is 30.2 Å². The highest BCUT2D eigenvalue weighted by Gasteiger charge is 2.61. The number of halogens is 1. The molecule has 1 amide bonds. The Morgan fingerprint density at radius 3 is 2.02 bits per heavy atom. The molecule has 0 aromatic heterocycles. The number of amides is 1. The van der Waals surface area contributed by atoms with E-state index in [1.54, 1.807) is 41.3 Å². The second-order valence-corrected chi connectivity index (χ2v) is 13.7. The van der Waals surface area contributed by atoms with Gasteiger partial charge in [0.25, 0.3) is 0 Å². The van der Waals surface area contributed by atoms with Crippen LogP contribution >= 0.6 is 0 Å². The summed E-state index contributed by atoms with van der Waals surface area (Å²) >= 11 is 0. The predicted molar refractivity (Wildman–Crippen MR) is 198 cm³/mol. The number of carboxylic acids is 1. The minimum atomic E-state index is -2.13. The Hall–Kier alpha value is -6.60. The molecule has 2 fully saturated rings. The van der Waals surface area contributed by atoms with Gasteiger partial charge in [-0.05, 0) is 78.4 Å². The lowest BCUT2D eigenvalue weighted by Gasteiger charge is -2.48. The Morgan fingerprint density at radius 2 is 1.47 bits per heavy atom. The molecule has 1 N–H and O–H groups in total. The van der Waals surface area contributed by atoms with Crippen molar-refractivity contribution in [3.63, 3.8) is 0 Å². The molecule has 3 aromatic rings. The Balaban J connectivity index is 1.48. The summed E-state index contributed by atoms with van der Waals surface area (Å²) in [6, 6.07) is 18.0. The number of β-lactam (4-membered cyclic amide) rings is 1. The predicted octanol–water partition coefficient (Wildman–Crippen LogP) is 4.54. The van der Waals surface area contributed by atoms with Crippen molar-refractivity contribution in [3.8, 4) is 17.6 Å². The van der Waals surface area contributed by atoms with Crippen molar-refractivity contribution in [1.82, 2.24) is 0 Å². The third-order valence-corrected chi connectivity index (χ3v) is 9.41. The number of esters is 4. The molecule has 8 atom stereocenters. The highest BCUT2D eigenvalue weighted by Crippen LogP contribution is 2.47. The van der Waals surface area contributed by atoms with E-state index in [1.165, 1.54) is 50.2 Å². The average molecular weight is 802 g/mol. The maximum absolute atomic E-state index is 13.9. The van der Waals surface area contributed by atoms with Crippen LogP contribution < -0.4 is 9.64 Å². The number of carbonyl (C=O) groups excluding carboxylic acids is 6. The van der Waals surface area contributed by atoms with Gasteiger partial charge >= 0.3 is 29.8 Å². The van der Waals surface area contributed by atoms with Crippen LogP contribution in [0.15, 0.2) is 72.8 Å². The van der Waals surface area contributed by atoms with E-state index in [-0.39, 0.29) is 24.5 Å². The molecule has 0 saturated carbocycles. The normalized spacial score (nSPS) is 24.1. The van der Waals surface area contributed by atoms with Gasteiger partial charge < -0.3 is 38.4 Å². The van der Waals surface area contributed by atoms with Gasteiger partial charge in [0.15, 0.2) is 24.6 Å². The lowest BCUT2D eigenvalue weighted by molar-refractivity contribution is -0.326. The molecular weight excluding hydrogens is 761 g/mol. The number of aliphatic carboxylic acids is 1. The maximum atomic E-state index is 13.9. The molecule has 2 aliphatic rings. The summed E-state index contributed by atoms with van der Waals surface area (Å²) in [4.78, 5) is 87.2. The lowest BCUT2D eigenvalue weighted by atomic mass is 9.78. The number of benzene rings is 3. The summed E-state index contributed by atoms with van der Waals surface area (Å²) in [7, 11) is 0. The summed E-state index contributed by atoms with van der Waals surface area (Å²) in [5.74, 6) is -3.15. The molecule has 15 nitrogen and oxygen atoms in total. The fraction of sp³-hybridized carbons (Fsp3) is 0.357. The summed E-state index contributed by atoms with van der Waals surface area (Å²) < 4.78 is 47.4. The van der Waals surface area contributed by atoms with E-state index in [0.29, 0.717) is 28.7 Å². The van der Waals surface area contributed by atoms with Gasteiger partial charge in [-0.2, -0.15) is 0 Å². The number of anilines is 1. The van der Waals surface area contributed by atoms with Crippen molar-refractivity contribution in [2.45, 2.75) is 89.8 Å².